The maximum atomic E-state index is 12.0. The molecule has 0 aromatic carbocycles. The van der Waals surface area contributed by atoms with Crippen molar-refractivity contribution in [2.24, 2.45) is 4.99 Å². The predicted octanol–water partition coefficient (Wildman–Crippen LogP) is 2.31. The number of aromatic nitrogens is 1. The van der Waals surface area contributed by atoms with Gasteiger partial charge < -0.3 is 10.6 Å². The lowest BCUT2D eigenvalue weighted by Gasteiger charge is -2.18. The number of nitrogens with zero attached hydrogens (tertiary/aromatic N) is 2. The van der Waals surface area contributed by atoms with E-state index in [0.29, 0.717) is 18.8 Å². The van der Waals surface area contributed by atoms with Crippen molar-refractivity contribution >= 4 is 28.1 Å². The van der Waals surface area contributed by atoms with E-state index in [9.17, 15) is 4.21 Å². The van der Waals surface area contributed by atoms with Gasteiger partial charge in [-0.1, -0.05) is 6.92 Å². The first-order valence-corrected chi connectivity index (χ1v) is 9.84. The topological polar surface area (TPSA) is 66.4 Å². The summed E-state index contributed by atoms with van der Waals surface area (Å²) in [5.74, 6) is 1.37. The number of guanidine groups is 1. The van der Waals surface area contributed by atoms with E-state index in [1.54, 1.807) is 11.3 Å². The summed E-state index contributed by atoms with van der Waals surface area (Å²) in [5, 5.41) is 7.46. The van der Waals surface area contributed by atoms with Crippen molar-refractivity contribution in [3.63, 3.8) is 0 Å². The van der Waals surface area contributed by atoms with Crippen LogP contribution in [0.1, 0.15) is 44.5 Å². The minimum Gasteiger partial charge on any atom is -0.357 e. The molecule has 0 fully saturated rings. The van der Waals surface area contributed by atoms with E-state index < -0.39 is 10.8 Å². The van der Waals surface area contributed by atoms with Crippen LogP contribution in [0.5, 0.6) is 0 Å². The lowest BCUT2D eigenvalue weighted by Crippen LogP contribution is -2.40. The normalized spacial score (nSPS) is 14.0. The van der Waals surface area contributed by atoms with Gasteiger partial charge in [0.05, 0.1) is 6.54 Å². The van der Waals surface area contributed by atoms with Crippen LogP contribution in [0.15, 0.2) is 11.2 Å². The molecular formula is C15H28N4OS2. The lowest BCUT2D eigenvalue weighted by atomic mass is 10.3. The molecule has 22 heavy (non-hydrogen) atoms. The Balaban J connectivity index is 2.50. The summed E-state index contributed by atoms with van der Waals surface area (Å²) in [6.45, 7) is 12.2. The minimum atomic E-state index is -0.851. The maximum Gasteiger partial charge on any atom is 0.191 e. The zero-order valence-electron chi connectivity index (χ0n) is 14.2. The largest absolute Gasteiger partial charge is 0.357 e. The second-order valence-electron chi connectivity index (χ2n) is 5.86. The molecule has 7 heteroatoms. The van der Waals surface area contributed by atoms with Crippen LogP contribution < -0.4 is 10.6 Å². The third-order valence-electron chi connectivity index (χ3n) is 2.93. The summed E-state index contributed by atoms with van der Waals surface area (Å²) in [5.41, 5.74) is 0. The number of thiazole rings is 1. The van der Waals surface area contributed by atoms with Gasteiger partial charge in [0, 0.05) is 45.5 Å². The van der Waals surface area contributed by atoms with E-state index >= 15 is 0 Å². The van der Waals surface area contributed by atoms with Crippen LogP contribution in [0.4, 0.5) is 0 Å². The number of aryl methyl sites for hydroxylation is 1. The average molecular weight is 345 g/mol. The molecule has 0 aliphatic heterocycles. The molecule has 1 heterocycles. The fourth-order valence-corrected chi connectivity index (χ4v) is 3.33. The van der Waals surface area contributed by atoms with Crippen LogP contribution >= 0.6 is 11.3 Å². The first-order chi connectivity index (χ1) is 10.4. The Labute approximate surface area is 140 Å². The number of rotatable bonds is 7. The van der Waals surface area contributed by atoms with Crippen LogP contribution in [0.3, 0.4) is 0 Å². The van der Waals surface area contributed by atoms with E-state index in [1.807, 2.05) is 33.9 Å². The highest BCUT2D eigenvalue weighted by Crippen LogP contribution is 2.14. The minimum absolute atomic E-state index is 0.172. The summed E-state index contributed by atoms with van der Waals surface area (Å²) >= 11 is 1.70. The molecule has 0 spiro atoms. The summed E-state index contributed by atoms with van der Waals surface area (Å²) in [6, 6.07) is 0. The van der Waals surface area contributed by atoms with Crippen molar-refractivity contribution in [3.8, 4) is 0 Å². The van der Waals surface area contributed by atoms with E-state index in [2.05, 4.69) is 27.5 Å². The van der Waals surface area contributed by atoms with Gasteiger partial charge in [-0.05, 0) is 34.1 Å². The number of hydrogen-bond donors (Lipinski definition) is 2. The van der Waals surface area contributed by atoms with Crippen molar-refractivity contribution in [2.75, 3.05) is 18.8 Å². The molecule has 0 amide bonds. The molecule has 0 aliphatic carbocycles. The molecule has 1 rings (SSSR count). The van der Waals surface area contributed by atoms with Gasteiger partial charge in [0.15, 0.2) is 5.96 Å². The van der Waals surface area contributed by atoms with E-state index in [4.69, 9.17) is 0 Å². The third kappa shape index (κ3) is 6.87. The molecule has 1 unspecified atom stereocenters. The molecule has 126 valence electrons. The van der Waals surface area contributed by atoms with Gasteiger partial charge in [0.1, 0.15) is 5.01 Å². The second-order valence-corrected chi connectivity index (χ2v) is 9.38. The van der Waals surface area contributed by atoms with E-state index in [1.165, 1.54) is 4.88 Å². The molecule has 5 nitrogen and oxygen atoms in total. The molecule has 1 aromatic rings. The fourth-order valence-electron chi connectivity index (χ4n) is 1.64. The zero-order valence-corrected chi connectivity index (χ0v) is 15.9. The molecule has 0 saturated heterocycles. The Morgan fingerprint density at radius 2 is 2.09 bits per heavy atom. The van der Waals surface area contributed by atoms with Gasteiger partial charge in [-0.15, -0.1) is 11.3 Å². The predicted molar refractivity (Wildman–Crippen MR) is 97.1 cm³/mol. The van der Waals surface area contributed by atoms with E-state index in [0.717, 1.165) is 23.9 Å². The van der Waals surface area contributed by atoms with Gasteiger partial charge in [0.2, 0.25) is 0 Å². The fraction of sp³-hybridized carbons (Fsp3) is 0.733. The number of hydrogen-bond acceptors (Lipinski definition) is 4. The van der Waals surface area contributed by atoms with E-state index in [-0.39, 0.29) is 4.75 Å². The third-order valence-corrected chi connectivity index (χ3v) is 6.00. The quantitative estimate of drug-likeness (QED) is 0.588. The lowest BCUT2D eigenvalue weighted by molar-refractivity contribution is 0.647. The van der Waals surface area contributed by atoms with Gasteiger partial charge in [-0.2, -0.15) is 0 Å². The molecular weight excluding hydrogens is 316 g/mol. The maximum absolute atomic E-state index is 12.0. The molecule has 0 saturated carbocycles. The van der Waals surface area contributed by atoms with Crippen LogP contribution in [0.2, 0.25) is 0 Å². The molecule has 0 aliphatic rings. The van der Waals surface area contributed by atoms with Crippen LogP contribution in [-0.2, 0) is 23.8 Å². The van der Waals surface area contributed by atoms with Gasteiger partial charge in [-0.3, -0.25) is 4.21 Å². The zero-order chi connectivity index (χ0) is 16.6. The summed E-state index contributed by atoms with van der Waals surface area (Å²) in [6.07, 6.45) is 2.93. The second kappa shape index (κ2) is 9.25. The molecule has 0 bridgehead atoms. The van der Waals surface area contributed by atoms with Crippen molar-refractivity contribution in [3.05, 3.63) is 16.1 Å². The Hall–Kier alpha value is -0.950. The number of nitrogens with one attached hydrogen (secondary N) is 2. The highest BCUT2D eigenvalue weighted by Gasteiger charge is 2.18. The van der Waals surface area contributed by atoms with Crippen molar-refractivity contribution in [1.82, 2.24) is 15.6 Å². The number of aliphatic imine (C=N–C) groups is 1. The van der Waals surface area contributed by atoms with Crippen molar-refractivity contribution in [1.29, 1.82) is 0 Å². The Morgan fingerprint density at radius 3 is 2.64 bits per heavy atom. The standard InChI is InChI=1S/C15H28N4OS2/c1-6-12-10-18-13(21-12)11-19-14(16-7-2)17-8-9-22(20)15(3,4)5/h10H,6-9,11H2,1-5H3,(H2,16,17,19). The summed E-state index contributed by atoms with van der Waals surface area (Å²) < 4.78 is 11.8. The monoisotopic (exact) mass is 344 g/mol. The Bertz CT molecular complexity index is 506. The van der Waals surface area contributed by atoms with Crippen molar-refractivity contribution < 1.29 is 4.21 Å². The van der Waals surface area contributed by atoms with Crippen molar-refractivity contribution in [2.45, 2.75) is 52.3 Å². The highest BCUT2D eigenvalue weighted by molar-refractivity contribution is 7.86. The molecule has 1 aromatic heterocycles. The molecule has 2 N–H and O–H groups in total. The smallest absolute Gasteiger partial charge is 0.191 e. The summed E-state index contributed by atoms with van der Waals surface area (Å²) in [7, 11) is -0.851. The Morgan fingerprint density at radius 1 is 1.36 bits per heavy atom. The van der Waals surface area contributed by atoms with Gasteiger partial charge >= 0.3 is 0 Å². The van der Waals surface area contributed by atoms with Crippen LogP contribution in [0.25, 0.3) is 0 Å². The average Bonchev–Trinajstić information content (AvgIpc) is 2.91. The van der Waals surface area contributed by atoms with Gasteiger partial charge in [0.25, 0.3) is 0 Å². The summed E-state index contributed by atoms with van der Waals surface area (Å²) in [4.78, 5) is 10.2. The van der Waals surface area contributed by atoms with Crippen LogP contribution in [-0.4, -0.2) is 38.7 Å². The SMILES string of the molecule is CCNC(=NCc1ncc(CC)s1)NCCS(=O)C(C)(C)C. The highest BCUT2D eigenvalue weighted by atomic mass is 32.2. The molecule has 0 radical (unpaired) electrons. The molecule has 1 atom stereocenters. The Kier molecular flexibility index (Phi) is 8.03. The first kappa shape index (κ1) is 19.1. The van der Waals surface area contributed by atoms with Gasteiger partial charge in [-0.25, -0.2) is 9.98 Å². The first-order valence-electron chi connectivity index (χ1n) is 7.71. The van der Waals surface area contributed by atoms with Crippen LogP contribution in [0, 0.1) is 0 Å².